The fraction of sp³-hybridized carbons (Fsp3) is 0.381. The number of carbonyl (C=O) groups excluding carboxylic acids is 2. The van der Waals surface area contributed by atoms with Crippen LogP contribution in [-0.2, 0) is 17.1 Å². The highest BCUT2D eigenvalue weighted by molar-refractivity contribution is 7.10. The lowest BCUT2D eigenvalue weighted by molar-refractivity contribution is -0.142. The van der Waals surface area contributed by atoms with Crippen molar-refractivity contribution >= 4 is 52.6 Å². The lowest BCUT2D eigenvalue weighted by Crippen LogP contribution is -2.51. The summed E-state index contributed by atoms with van der Waals surface area (Å²) in [5.74, 6) is -0.676. The van der Waals surface area contributed by atoms with Gasteiger partial charge >= 0.3 is 12.4 Å². The molecule has 9 rings (SSSR count). The molecule has 0 aliphatic carbocycles. The summed E-state index contributed by atoms with van der Waals surface area (Å²) in [7, 11) is 0. The quantitative estimate of drug-likeness (QED) is 0.138. The molecule has 0 bridgehead atoms. The van der Waals surface area contributed by atoms with Crippen LogP contribution in [0.5, 0.6) is 0 Å². The molecule has 2 amide bonds. The number of thiophene rings is 1. The molecule has 4 unspecified atom stereocenters. The van der Waals surface area contributed by atoms with E-state index in [0.717, 1.165) is 35.0 Å². The molecular formula is C42H38ClF6N13O3S. The van der Waals surface area contributed by atoms with Crippen molar-refractivity contribution < 1.29 is 40.5 Å². The first-order chi connectivity index (χ1) is 31.6. The van der Waals surface area contributed by atoms with Crippen LogP contribution < -0.4 is 20.0 Å². The summed E-state index contributed by atoms with van der Waals surface area (Å²) < 4.78 is 88.6. The van der Waals surface area contributed by atoms with Gasteiger partial charge in [0, 0.05) is 91.9 Å². The zero-order valence-corrected chi connectivity index (χ0v) is 36.3. The highest BCUT2D eigenvalue weighted by Crippen LogP contribution is 2.49. The number of amides is 2. The van der Waals surface area contributed by atoms with Crippen LogP contribution in [0.4, 0.5) is 44.2 Å². The number of halogens is 7. The standard InChI is InChI=1S/C42H38ClF6N13O3S/c1-23-16-29(58-65-23)31-17-24(21-62(31)40-53-10-5-34(57-40)42(47,48)49)25-18-32(66-22-25)36-27(6-11-61(36)39-52-9-4-33(56-39)41(44,45)46)28-3-8-51-38(55-28)60-14-12-59(13-15-60)35(63)20-54-37(64)30-19-26(43)2-7-50-30/h2-5,7-10,16,18-19,22,24,27,31,36H,6,11-15,17,20-21H2,1H3,(H,54,64). The Bertz CT molecular complexity index is 2730. The smallest absolute Gasteiger partial charge is 0.361 e. The first-order valence-corrected chi connectivity index (χ1v) is 22.0. The van der Waals surface area contributed by atoms with Crippen LogP contribution in [0.2, 0.25) is 5.02 Å². The number of pyridine rings is 1. The average molecular weight is 954 g/mol. The topological polar surface area (TPSA) is 175 Å². The lowest BCUT2D eigenvalue weighted by Gasteiger charge is -2.35. The monoisotopic (exact) mass is 953 g/mol. The van der Waals surface area contributed by atoms with Gasteiger partial charge in [0.15, 0.2) is 0 Å². The minimum atomic E-state index is -4.71. The van der Waals surface area contributed by atoms with Crippen LogP contribution in [0.15, 0.2) is 77.2 Å². The molecule has 3 aliphatic heterocycles. The minimum Gasteiger partial charge on any atom is -0.361 e. The van der Waals surface area contributed by atoms with E-state index in [9.17, 15) is 35.9 Å². The molecule has 3 saturated heterocycles. The van der Waals surface area contributed by atoms with Crippen LogP contribution in [-0.4, -0.2) is 103 Å². The Labute approximate surface area is 381 Å². The average Bonchev–Trinajstić information content (AvgIpc) is 4.14. The Kier molecular flexibility index (Phi) is 12.2. The molecular weight excluding hydrogens is 916 g/mol. The van der Waals surface area contributed by atoms with Crippen molar-refractivity contribution in [2.45, 2.75) is 56.0 Å². The maximum absolute atomic E-state index is 14.0. The highest BCUT2D eigenvalue weighted by Gasteiger charge is 2.44. The Hall–Kier alpha value is -6.49. The van der Waals surface area contributed by atoms with E-state index in [4.69, 9.17) is 21.1 Å². The summed E-state index contributed by atoms with van der Waals surface area (Å²) in [6.45, 7) is 3.47. The van der Waals surface area contributed by atoms with Gasteiger partial charge in [-0.05, 0) is 67.1 Å². The molecule has 6 aromatic heterocycles. The molecule has 16 nitrogen and oxygen atoms in total. The molecule has 0 aromatic carbocycles. The summed E-state index contributed by atoms with van der Waals surface area (Å²) in [4.78, 5) is 63.2. The minimum absolute atomic E-state index is 0.0900. The molecule has 9 heterocycles. The van der Waals surface area contributed by atoms with Crippen LogP contribution in [0.3, 0.4) is 0 Å². The third-order valence-corrected chi connectivity index (χ3v) is 13.0. The number of anilines is 3. The Morgan fingerprint density at radius 1 is 0.803 bits per heavy atom. The maximum Gasteiger partial charge on any atom is 0.433 e. The van der Waals surface area contributed by atoms with Crippen LogP contribution in [0, 0.1) is 6.92 Å². The zero-order valence-electron chi connectivity index (χ0n) is 34.7. The Morgan fingerprint density at radius 2 is 1.47 bits per heavy atom. The van der Waals surface area contributed by atoms with Gasteiger partial charge in [-0.25, -0.2) is 29.9 Å². The van der Waals surface area contributed by atoms with E-state index in [1.54, 1.807) is 40.0 Å². The second-order valence-electron chi connectivity index (χ2n) is 15.9. The second-order valence-corrected chi connectivity index (χ2v) is 17.3. The third-order valence-electron chi connectivity index (χ3n) is 11.8. The fourth-order valence-electron chi connectivity index (χ4n) is 8.59. The number of alkyl halides is 6. The van der Waals surface area contributed by atoms with Crippen molar-refractivity contribution in [2.24, 2.45) is 0 Å². The van der Waals surface area contributed by atoms with Crippen LogP contribution >= 0.6 is 22.9 Å². The van der Waals surface area contributed by atoms with Crippen LogP contribution in [0.1, 0.15) is 86.2 Å². The predicted octanol–water partition coefficient (Wildman–Crippen LogP) is 7.05. The van der Waals surface area contributed by atoms with Crippen molar-refractivity contribution in [1.29, 1.82) is 0 Å². The van der Waals surface area contributed by atoms with Crippen molar-refractivity contribution in [3.8, 4) is 0 Å². The van der Waals surface area contributed by atoms with Gasteiger partial charge in [-0.2, -0.15) is 26.3 Å². The molecule has 0 saturated carbocycles. The van der Waals surface area contributed by atoms with E-state index in [-0.39, 0.29) is 48.4 Å². The number of carbonyl (C=O) groups is 2. The number of aromatic nitrogens is 8. The van der Waals surface area contributed by atoms with E-state index in [0.29, 0.717) is 73.7 Å². The van der Waals surface area contributed by atoms with Gasteiger partial charge in [-0.1, -0.05) is 16.8 Å². The molecule has 3 aliphatic rings. The molecule has 4 atom stereocenters. The van der Waals surface area contributed by atoms with Gasteiger partial charge in [0.1, 0.15) is 28.5 Å². The number of piperazine rings is 1. The summed E-state index contributed by atoms with van der Waals surface area (Å²) in [6.07, 6.45) is -3.31. The Balaban J connectivity index is 0.961. The normalized spacial score (nSPS) is 20.3. The van der Waals surface area contributed by atoms with Gasteiger partial charge in [0.25, 0.3) is 5.91 Å². The molecule has 0 radical (unpaired) electrons. The number of rotatable bonds is 10. The van der Waals surface area contributed by atoms with Crippen LogP contribution in [0.25, 0.3) is 0 Å². The summed E-state index contributed by atoms with van der Waals surface area (Å²) in [6, 6.07) is 8.96. The number of nitrogens with one attached hydrogen (secondary N) is 1. The maximum atomic E-state index is 14.0. The highest BCUT2D eigenvalue weighted by atomic mass is 35.5. The van der Waals surface area contributed by atoms with Gasteiger partial charge in [0.05, 0.1) is 24.3 Å². The first-order valence-electron chi connectivity index (χ1n) is 20.7. The predicted molar refractivity (Wildman–Crippen MR) is 227 cm³/mol. The molecule has 1 N–H and O–H groups in total. The fourth-order valence-corrected chi connectivity index (χ4v) is 9.92. The molecule has 6 aromatic rings. The molecule has 344 valence electrons. The van der Waals surface area contributed by atoms with Gasteiger partial charge in [-0.15, -0.1) is 11.3 Å². The van der Waals surface area contributed by atoms with Gasteiger partial charge in [0.2, 0.25) is 23.8 Å². The third kappa shape index (κ3) is 9.44. The largest absolute Gasteiger partial charge is 0.433 e. The lowest BCUT2D eigenvalue weighted by atomic mass is 9.93. The van der Waals surface area contributed by atoms with Crippen molar-refractivity contribution in [2.75, 3.05) is 60.5 Å². The van der Waals surface area contributed by atoms with E-state index >= 15 is 0 Å². The van der Waals surface area contributed by atoms with E-state index < -0.39 is 41.7 Å². The second kappa shape index (κ2) is 18.1. The molecule has 66 heavy (non-hydrogen) atoms. The number of hydrogen-bond donors (Lipinski definition) is 1. The molecule has 0 spiro atoms. The SMILES string of the molecule is Cc1cc(C2CC(c3csc(C4C(c5ccnc(N6CCN(C(=O)CNC(=O)c7cc(Cl)ccn7)CC6)n5)CCN4c4nccc(C(F)(F)F)n4)c3)CN2c2nccc(C(F)(F)F)n2)no1. The first kappa shape index (κ1) is 44.7. The van der Waals surface area contributed by atoms with Crippen molar-refractivity contribution in [1.82, 2.24) is 50.3 Å². The zero-order chi connectivity index (χ0) is 46.3. The van der Waals surface area contributed by atoms with E-state index in [1.807, 2.05) is 16.3 Å². The van der Waals surface area contributed by atoms with Gasteiger partial charge < -0.3 is 29.4 Å². The van der Waals surface area contributed by atoms with Crippen molar-refractivity contribution in [3.63, 3.8) is 0 Å². The van der Waals surface area contributed by atoms with E-state index in [1.165, 1.54) is 29.7 Å². The summed E-state index contributed by atoms with van der Waals surface area (Å²) in [5.41, 5.74) is -0.0566. The number of aryl methyl sites for hydroxylation is 1. The van der Waals surface area contributed by atoms with Crippen molar-refractivity contribution in [3.05, 3.63) is 122 Å². The number of nitrogens with zero attached hydrogens (tertiary/aromatic N) is 12. The molecule has 3 fully saturated rings. The molecule has 24 heteroatoms. The summed E-state index contributed by atoms with van der Waals surface area (Å²) >= 11 is 7.37. The Morgan fingerprint density at radius 3 is 2.14 bits per heavy atom. The van der Waals surface area contributed by atoms with E-state index in [2.05, 4.69) is 40.4 Å². The summed E-state index contributed by atoms with van der Waals surface area (Å²) in [5, 5.41) is 9.06. The number of hydrogen-bond acceptors (Lipinski definition) is 15. The van der Waals surface area contributed by atoms with Gasteiger partial charge in [-0.3, -0.25) is 14.6 Å².